The molecule has 1 saturated carbocycles. The van der Waals surface area contributed by atoms with Crippen LogP contribution < -0.4 is 4.74 Å². The number of halogens is 1. The van der Waals surface area contributed by atoms with Gasteiger partial charge < -0.3 is 9.64 Å². The number of amides is 1. The van der Waals surface area contributed by atoms with E-state index in [9.17, 15) is 4.79 Å². The van der Waals surface area contributed by atoms with E-state index in [4.69, 9.17) is 16.3 Å². The van der Waals surface area contributed by atoms with Crippen LogP contribution in [0.15, 0.2) is 24.3 Å². The Kier molecular flexibility index (Phi) is 4.90. The van der Waals surface area contributed by atoms with Crippen molar-refractivity contribution >= 4 is 28.8 Å². The van der Waals surface area contributed by atoms with Gasteiger partial charge in [0.2, 0.25) is 5.88 Å². The number of carbonyl (C=O) groups is 1. The molecule has 1 saturated heterocycles. The van der Waals surface area contributed by atoms with Gasteiger partial charge in [-0.2, -0.15) is 5.10 Å². The molecule has 5 nitrogen and oxygen atoms in total. The Morgan fingerprint density at radius 2 is 1.96 bits per heavy atom. The summed E-state index contributed by atoms with van der Waals surface area (Å²) in [5.41, 5.74) is 1.08. The van der Waals surface area contributed by atoms with Gasteiger partial charge in [0.1, 0.15) is 0 Å². The first-order valence-electron chi connectivity index (χ1n) is 8.70. The predicted octanol–water partition coefficient (Wildman–Crippen LogP) is 4.00. The maximum atomic E-state index is 12.4. The van der Waals surface area contributed by atoms with E-state index in [-0.39, 0.29) is 5.91 Å². The van der Waals surface area contributed by atoms with Crippen LogP contribution in [0.1, 0.15) is 47.0 Å². The lowest BCUT2D eigenvalue weighted by Gasteiger charge is -2.31. The van der Waals surface area contributed by atoms with Gasteiger partial charge in [-0.15, -0.1) is 16.4 Å². The summed E-state index contributed by atoms with van der Waals surface area (Å²) >= 11 is 7.26. The van der Waals surface area contributed by atoms with Crippen molar-refractivity contribution in [3.05, 3.63) is 39.2 Å². The fraction of sp³-hybridized carbons (Fsp3) is 0.500. The summed E-state index contributed by atoms with van der Waals surface area (Å²) in [6.45, 7) is 2.15. The molecule has 1 aliphatic heterocycles. The Balaban J connectivity index is 1.24. The SMILES string of the molecule is O=C(c1ccc(Cl)s1)N1CCC(COc2ccc(C3CC3)nn2)CC1. The topological polar surface area (TPSA) is 55.3 Å². The summed E-state index contributed by atoms with van der Waals surface area (Å²) in [4.78, 5) is 15.0. The van der Waals surface area contributed by atoms with Crippen LogP contribution >= 0.6 is 22.9 Å². The number of ether oxygens (including phenoxy) is 1. The molecule has 7 heteroatoms. The number of likely N-dealkylation sites (tertiary alicyclic amines) is 1. The van der Waals surface area contributed by atoms with Gasteiger partial charge in [0.15, 0.2) is 0 Å². The second kappa shape index (κ2) is 7.30. The highest BCUT2D eigenvalue weighted by molar-refractivity contribution is 7.17. The molecule has 132 valence electrons. The third-order valence-corrected chi connectivity index (χ3v) is 6.03. The molecule has 0 atom stereocenters. The maximum Gasteiger partial charge on any atom is 0.263 e. The van der Waals surface area contributed by atoms with Crippen molar-refractivity contribution in [1.29, 1.82) is 0 Å². The van der Waals surface area contributed by atoms with E-state index in [0.717, 1.165) is 31.6 Å². The minimum Gasteiger partial charge on any atom is -0.476 e. The van der Waals surface area contributed by atoms with Crippen molar-refractivity contribution in [1.82, 2.24) is 15.1 Å². The molecule has 1 amide bonds. The van der Waals surface area contributed by atoms with Crippen LogP contribution in [0.2, 0.25) is 4.34 Å². The lowest BCUT2D eigenvalue weighted by molar-refractivity contribution is 0.0664. The van der Waals surface area contributed by atoms with Crippen molar-refractivity contribution in [3.63, 3.8) is 0 Å². The standard InChI is InChI=1S/C18H20ClN3O2S/c19-16-5-4-15(25-16)18(23)22-9-7-12(8-10-22)11-24-17-6-3-14(20-21-17)13-1-2-13/h3-6,12-13H,1-2,7-11H2. The van der Waals surface area contributed by atoms with E-state index in [0.29, 0.717) is 33.5 Å². The molecule has 2 fully saturated rings. The quantitative estimate of drug-likeness (QED) is 0.790. The van der Waals surface area contributed by atoms with E-state index in [1.54, 1.807) is 12.1 Å². The van der Waals surface area contributed by atoms with E-state index in [1.165, 1.54) is 24.2 Å². The van der Waals surface area contributed by atoms with Gasteiger partial charge in [-0.25, -0.2) is 0 Å². The monoisotopic (exact) mass is 377 g/mol. The fourth-order valence-corrected chi connectivity index (χ4v) is 4.11. The summed E-state index contributed by atoms with van der Waals surface area (Å²) in [7, 11) is 0. The minimum atomic E-state index is 0.0813. The van der Waals surface area contributed by atoms with Gasteiger partial charge >= 0.3 is 0 Å². The summed E-state index contributed by atoms with van der Waals surface area (Å²) in [6.07, 6.45) is 4.34. The van der Waals surface area contributed by atoms with Crippen LogP contribution in [-0.4, -0.2) is 40.7 Å². The highest BCUT2D eigenvalue weighted by atomic mass is 35.5. The summed E-state index contributed by atoms with van der Waals surface area (Å²) < 4.78 is 6.45. The molecule has 1 aliphatic carbocycles. The Labute approximate surface area is 156 Å². The van der Waals surface area contributed by atoms with Gasteiger partial charge in [0.25, 0.3) is 5.91 Å². The maximum absolute atomic E-state index is 12.4. The van der Waals surface area contributed by atoms with Crippen molar-refractivity contribution in [2.45, 2.75) is 31.6 Å². The predicted molar refractivity (Wildman–Crippen MR) is 97.5 cm³/mol. The van der Waals surface area contributed by atoms with Gasteiger partial charge in [0, 0.05) is 25.1 Å². The number of nitrogens with zero attached hydrogens (tertiary/aromatic N) is 3. The fourth-order valence-electron chi connectivity index (χ4n) is 3.10. The molecule has 3 heterocycles. The van der Waals surface area contributed by atoms with Crippen molar-refractivity contribution in [2.24, 2.45) is 5.92 Å². The average Bonchev–Trinajstić information content (AvgIpc) is 3.41. The van der Waals surface area contributed by atoms with Crippen LogP contribution in [-0.2, 0) is 0 Å². The number of aromatic nitrogens is 2. The van der Waals surface area contributed by atoms with Crippen LogP contribution in [0.3, 0.4) is 0 Å². The lowest BCUT2D eigenvalue weighted by atomic mass is 9.98. The minimum absolute atomic E-state index is 0.0813. The Morgan fingerprint density at radius 1 is 1.16 bits per heavy atom. The van der Waals surface area contributed by atoms with E-state index < -0.39 is 0 Å². The molecule has 25 heavy (non-hydrogen) atoms. The third-order valence-electron chi connectivity index (χ3n) is 4.81. The van der Waals surface area contributed by atoms with Gasteiger partial charge in [-0.05, 0) is 49.8 Å². The highest BCUT2D eigenvalue weighted by Gasteiger charge is 2.26. The van der Waals surface area contributed by atoms with Crippen LogP contribution in [0.4, 0.5) is 0 Å². The molecule has 2 aliphatic rings. The molecular weight excluding hydrogens is 358 g/mol. The summed E-state index contributed by atoms with van der Waals surface area (Å²) in [5.74, 6) is 1.73. The number of hydrogen-bond acceptors (Lipinski definition) is 5. The number of carbonyl (C=O) groups excluding carboxylic acids is 1. The van der Waals surface area contributed by atoms with E-state index in [1.807, 2.05) is 17.0 Å². The first kappa shape index (κ1) is 16.8. The van der Waals surface area contributed by atoms with Gasteiger partial charge in [-0.3, -0.25) is 4.79 Å². The largest absolute Gasteiger partial charge is 0.476 e. The molecule has 0 aromatic carbocycles. The van der Waals surface area contributed by atoms with Crippen molar-refractivity contribution < 1.29 is 9.53 Å². The zero-order valence-corrected chi connectivity index (χ0v) is 15.4. The van der Waals surface area contributed by atoms with Crippen molar-refractivity contribution in [2.75, 3.05) is 19.7 Å². The Morgan fingerprint density at radius 3 is 2.56 bits per heavy atom. The number of rotatable bonds is 5. The third kappa shape index (κ3) is 4.12. The van der Waals surface area contributed by atoms with E-state index in [2.05, 4.69) is 10.2 Å². The molecule has 2 aromatic rings. The second-order valence-corrected chi connectivity index (χ2v) is 8.44. The first-order valence-corrected chi connectivity index (χ1v) is 9.89. The molecular formula is C18H20ClN3O2S. The first-order chi connectivity index (χ1) is 12.2. The molecule has 0 radical (unpaired) electrons. The van der Waals surface area contributed by atoms with E-state index >= 15 is 0 Å². The molecule has 0 bridgehead atoms. The van der Waals surface area contributed by atoms with Crippen LogP contribution in [0.25, 0.3) is 0 Å². The molecule has 4 rings (SSSR count). The summed E-state index contributed by atoms with van der Waals surface area (Å²) in [6, 6.07) is 7.51. The molecule has 2 aromatic heterocycles. The number of hydrogen-bond donors (Lipinski definition) is 0. The van der Waals surface area contributed by atoms with Gasteiger partial charge in [0.05, 0.1) is 21.5 Å². The van der Waals surface area contributed by atoms with Gasteiger partial charge in [-0.1, -0.05) is 11.6 Å². The molecule has 0 unspecified atom stereocenters. The lowest BCUT2D eigenvalue weighted by Crippen LogP contribution is -2.39. The molecule has 0 N–H and O–H groups in total. The normalized spacial score (nSPS) is 18.4. The number of piperidine rings is 1. The smallest absolute Gasteiger partial charge is 0.263 e. The van der Waals surface area contributed by atoms with Crippen LogP contribution in [0, 0.1) is 5.92 Å². The zero-order chi connectivity index (χ0) is 17.2. The number of thiophene rings is 1. The molecule has 0 spiro atoms. The van der Waals surface area contributed by atoms with Crippen molar-refractivity contribution in [3.8, 4) is 5.88 Å². The highest BCUT2D eigenvalue weighted by Crippen LogP contribution is 2.38. The summed E-state index contributed by atoms with van der Waals surface area (Å²) in [5, 5.41) is 8.40. The average molecular weight is 378 g/mol. The Hall–Kier alpha value is -1.66. The second-order valence-electron chi connectivity index (χ2n) is 6.72. The Bertz CT molecular complexity index is 737. The zero-order valence-electron chi connectivity index (χ0n) is 13.9. The van der Waals surface area contributed by atoms with Crippen LogP contribution in [0.5, 0.6) is 5.88 Å².